The highest BCUT2D eigenvalue weighted by molar-refractivity contribution is 7.92. The number of benzene rings is 3. The summed E-state index contributed by atoms with van der Waals surface area (Å²) in [5.41, 5.74) is 4.11. The Morgan fingerprint density at radius 2 is 1.53 bits per heavy atom. The smallest absolute Gasteiger partial charge is 0.265 e. The third kappa shape index (κ3) is 5.68. The van der Waals surface area contributed by atoms with Crippen molar-refractivity contribution in [2.75, 3.05) is 10.0 Å². The van der Waals surface area contributed by atoms with E-state index in [1.165, 1.54) is 12.1 Å². The first kappa shape index (κ1) is 23.3. The number of carbonyl (C=O) groups excluding carboxylic acids is 1. The van der Waals surface area contributed by atoms with Gasteiger partial charge < -0.3 is 10.1 Å². The predicted octanol–water partition coefficient (Wildman–Crippen LogP) is 5.21. The monoisotopic (exact) mass is 452 g/mol. The molecule has 0 heterocycles. The van der Waals surface area contributed by atoms with Crippen molar-refractivity contribution in [1.29, 1.82) is 0 Å². The first-order valence-corrected chi connectivity index (χ1v) is 11.9. The molecule has 0 aliphatic rings. The van der Waals surface area contributed by atoms with Crippen LogP contribution >= 0.6 is 0 Å². The van der Waals surface area contributed by atoms with Crippen molar-refractivity contribution in [2.24, 2.45) is 0 Å². The van der Waals surface area contributed by atoms with E-state index in [0.717, 1.165) is 16.7 Å². The molecule has 0 saturated heterocycles. The number of ether oxygens (including phenoxy) is 1. The summed E-state index contributed by atoms with van der Waals surface area (Å²) in [4.78, 5) is 12.8. The maximum absolute atomic E-state index is 12.7. The standard InChI is InChI=1S/C25H28N2O4S/c1-5-23(31-24-8-6-7-18(3)19(24)4)25(28)26-20-13-15-22(16-14-20)32(29,30)27-21-11-9-17(2)10-12-21/h6-16,23,27H,5H2,1-4H3,(H,26,28)/t23-/m1/s1. The topological polar surface area (TPSA) is 84.5 Å². The van der Waals surface area contributed by atoms with Crippen molar-refractivity contribution < 1.29 is 17.9 Å². The molecule has 0 fully saturated rings. The number of anilines is 2. The minimum atomic E-state index is -3.73. The Morgan fingerprint density at radius 1 is 0.906 bits per heavy atom. The van der Waals surface area contributed by atoms with Crippen molar-refractivity contribution in [3.63, 3.8) is 0 Å². The molecule has 3 aromatic carbocycles. The van der Waals surface area contributed by atoms with Crippen LogP contribution in [-0.2, 0) is 14.8 Å². The summed E-state index contributed by atoms with van der Waals surface area (Å²) < 4.78 is 33.7. The maximum Gasteiger partial charge on any atom is 0.265 e. The largest absolute Gasteiger partial charge is 0.480 e. The molecule has 0 spiro atoms. The minimum Gasteiger partial charge on any atom is -0.480 e. The molecule has 6 nitrogen and oxygen atoms in total. The van der Waals surface area contributed by atoms with Gasteiger partial charge in [0.25, 0.3) is 15.9 Å². The van der Waals surface area contributed by atoms with Gasteiger partial charge >= 0.3 is 0 Å². The molecule has 1 atom stereocenters. The average Bonchev–Trinajstić information content (AvgIpc) is 2.76. The van der Waals surface area contributed by atoms with E-state index in [1.54, 1.807) is 24.3 Å². The highest BCUT2D eigenvalue weighted by atomic mass is 32.2. The molecule has 0 saturated carbocycles. The van der Waals surface area contributed by atoms with E-state index in [2.05, 4.69) is 10.0 Å². The summed E-state index contributed by atoms with van der Waals surface area (Å²) in [6.07, 6.45) is -0.172. The zero-order valence-electron chi connectivity index (χ0n) is 18.7. The Bertz CT molecular complexity index is 1190. The van der Waals surface area contributed by atoms with Crippen LogP contribution in [-0.4, -0.2) is 20.4 Å². The number of carbonyl (C=O) groups is 1. The Hall–Kier alpha value is -3.32. The molecule has 0 aromatic heterocycles. The van der Waals surface area contributed by atoms with E-state index in [0.29, 0.717) is 23.5 Å². The molecule has 2 N–H and O–H groups in total. The van der Waals surface area contributed by atoms with Crippen LogP contribution < -0.4 is 14.8 Å². The van der Waals surface area contributed by atoms with Gasteiger partial charge in [0.05, 0.1) is 4.90 Å². The lowest BCUT2D eigenvalue weighted by molar-refractivity contribution is -0.122. The number of rotatable bonds is 8. The second kappa shape index (κ2) is 9.87. The van der Waals surface area contributed by atoms with Gasteiger partial charge in [0.1, 0.15) is 5.75 Å². The quantitative estimate of drug-likeness (QED) is 0.491. The number of amides is 1. The molecule has 0 aliphatic carbocycles. The number of hydrogen-bond acceptors (Lipinski definition) is 4. The lowest BCUT2D eigenvalue weighted by atomic mass is 10.1. The van der Waals surface area contributed by atoms with E-state index in [1.807, 2.05) is 58.0 Å². The van der Waals surface area contributed by atoms with Gasteiger partial charge in [0.2, 0.25) is 0 Å². The van der Waals surface area contributed by atoms with Crippen molar-refractivity contribution in [2.45, 2.75) is 45.1 Å². The molecule has 0 aliphatic heterocycles. The molecule has 3 aromatic rings. The molecular formula is C25H28N2O4S. The SMILES string of the molecule is CC[C@@H](Oc1cccc(C)c1C)C(=O)Nc1ccc(S(=O)(=O)Nc2ccc(C)cc2)cc1. The van der Waals surface area contributed by atoms with Crippen LogP contribution in [0.2, 0.25) is 0 Å². The highest BCUT2D eigenvalue weighted by Crippen LogP contribution is 2.23. The third-order valence-corrected chi connectivity index (χ3v) is 6.62. The van der Waals surface area contributed by atoms with E-state index in [4.69, 9.17) is 4.74 Å². The van der Waals surface area contributed by atoms with Crippen LogP contribution in [0.25, 0.3) is 0 Å². The zero-order chi connectivity index (χ0) is 23.3. The molecule has 7 heteroatoms. The molecule has 0 radical (unpaired) electrons. The van der Waals surface area contributed by atoms with Crippen LogP contribution in [0.3, 0.4) is 0 Å². The fraction of sp³-hybridized carbons (Fsp3) is 0.240. The Balaban J connectivity index is 1.67. The summed E-state index contributed by atoms with van der Waals surface area (Å²) in [5.74, 6) is 0.386. The van der Waals surface area contributed by atoms with Gasteiger partial charge in [-0.05, 0) is 80.8 Å². The lowest BCUT2D eigenvalue weighted by Crippen LogP contribution is -2.32. The van der Waals surface area contributed by atoms with Crippen molar-refractivity contribution >= 4 is 27.3 Å². The van der Waals surface area contributed by atoms with E-state index >= 15 is 0 Å². The zero-order valence-corrected chi connectivity index (χ0v) is 19.5. The normalized spacial score (nSPS) is 12.1. The Kier molecular flexibility index (Phi) is 7.20. The summed E-state index contributed by atoms with van der Waals surface area (Å²) in [6, 6.07) is 18.9. The van der Waals surface area contributed by atoms with Crippen molar-refractivity contribution in [3.05, 3.63) is 83.4 Å². The Morgan fingerprint density at radius 3 is 2.16 bits per heavy atom. The number of nitrogens with one attached hydrogen (secondary N) is 2. The summed E-state index contributed by atoms with van der Waals surface area (Å²) in [6.45, 7) is 7.76. The van der Waals surface area contributed by atoms with Crippen molar-refractivity contribution in [3.8, 4) is 5.75 Å². The molecule has 0 bridgehead atoms. The number of sulfonamides is 1. The van der Waals surface area contributed by atoms with Gasteiger partial charge in [-0.2, -0.15) is 0 Å². The second-order valence-corrected chi connectivity index (χ2v) is 9.38. The van der Waals surface area contributed by atoms with Crippen LogP contribution in [0.1, 0.15) is 30.0 Å². The maximum atomic E-state index is 12.7. The van der Waals surface area contributed by atoms with Gasteiger partial charge in [-0.15, -0.1) is 0 Å². The molecule has 168 valence electrons. The number of hydrogen-bond donors (Lipinski definition) is 2. The minimum absolute atomic E-state index is 0.106. The van der Waals surface area contributed by atoms with Gasteiger partial charge in [-0.3, -0.25) is 9.52 Å². The van der Waals surface area contributed by atoms with Crippen LogP contribution in [0.15, 0.2) is 71.6 Å². The Labute approximate surface area is 189 Å². The van der Waals surface area contributed by atoms with E-state index < -0.39 is 16.1 Å². The molecule has 32 heavy (non-hydrogen) atoms. The van der Waals surface area contributed by atoms with Gasteiger partial charge in [0, 0.05) is 11.4 Å². The molecular weight excluding hydrogens is 424 g/mol. The second-order valence-electron chi connectivity index (χ2n) is 7.70. The summed E-state index contributed by atoms with van der Waals surface area (Å²) in [7, 11) is -3.73. The van der Waals surface area contributed by atoms with E-state index in [-0.39, 0.29) is 10.8 Å². The first-order chi connectivity index (χ1) is 15.2. The highest BCUT2D eigenvalue weighted by Gasteiger charge is 2.20. The summed E-state index contributed by atoms with van der Waals surface area (Å²) in [5, 5.41) is 2.80. The predicted molar refractivity (Wildman–Crippen MR) is 128 cm³/mol. The first-order valence-electron chi connectivity index (χ1n) is 10.4. The van der Waals surface area contributed by atoms with Gasteiger partial charge in [-0.25, -0.2) is 8.42 Å². The third-order valence-electron chi connectivity index (χ3n) is 5.22. The van der Waals surface area contributed by atoms with Gasteiger partial charge in [0.15, 0.2) is 6.10 Å². The molecule has 1 amide bonds. The van der Waals surface area contributed by atoms with Crippen molar-refractivity contribution in [1.82, 2.24) is 0 Å². The number of aryl methyl sites for hydroxylation is 2. The summed E-state index contributed by atoms with van der Waals surface area (Å²) >= 11 is 0. The van der Waals surface area contributed by atoms with Crippen LogP contribution in [0.5, 0.6) is 5.75 Å². The molecule has 3 rings (SSSR count). The molecule has 0 unspecified atom stereocenters. The lowest BCUT2D eigenvalue weighted by Gasteiger charge is -2.19. The van der Waals surface area contributed by atoms with Crippen LogP contribution in [0.4, 0.5) is 11.4 Å². The van der Waals surface area contributed by atoms with Crippen LogP contribution in [0, 0.1) is 20.8 Å². The fourth-order valence-electron chi connectivity index (χ4n) is 3.10. The van der Waals surface area contributed by atoms with Gasteiger partial charge in [-0.1, -0.05) is 36.8 Å². The van der Waals surface area contributed by atoms with E-state index in [9.17, 15) is 13.2 Å². The fourth-order valence-corrected chi connectivity index (χ4v) is 4.16. The average molecular weight is 453 g/mol.